The maximum Gasteiger partial charge on any atom is 0.237 e. The lowest BCUT2D eigenvalue weighted by Gasteiger charge is -2.23. The van der Waals surface area contributed by atoms with Crippen LogP contribution in [0.4, 0.5) is 0 Å². The zero-order chi connectivity index (χ0) is 9.68. The van der Waals surface area contributed by atoms with E-state index in [4.69, 9.17) is 5.73 Å². The standard InChI is InChI=1S/C9H18N2OS/c1-2-8(10)9(12)11-7-3-5-13-6-4-7/h7-8H,2-6,10H2,1H3,(H,11,12). The van der Waals surface area contributed by atoms with Crippen LogP contribution in [0.1, 0.15) is 26.2 Å². The number of nitrogens with two attached hydrogens (primary N) is 1. The fraction of sp³-hybridized carbons (Fsp3) is 0.889. The number of hydrogen-bond acceptors (Lipinski definition) is 3. The lowest BCUT2D eigenvalue weighted by Crippen LogP contribution is -2.46. The van der Waals surface area contributed by atoms with E-state index in [1.54, 1.807) is 0 Å². The average Bonchev–Trinajstić information content (AvgIpc) is 2.18. The van der Waals surface area contributed by atoms with E-state index in [1.165, 1.54) is 0 Å². The number of rotatable bonds is 3. The number of carbonyl (C=O) groups is 1. The van der Waals surface area contributed by atoms with E-state index in [2.05, 4.69) is 5.32 Å². The van der Waals surface area contributed by atoms with Crippen molar-refractivity contribution in [3.8, 4) is 0 Å². The van der Waals surface area contributed by atoms with Gasteiger partial charge in [-0.15, -0.1) is 0 Å². The van der Waals surface area contributed by atoms with E-state index < -0.39 is 0 Å². The topological polar surface area (TPSA) is 55.1 Å². The van der Waals surface area contributed by atoms with Gasteiger partial charge in [-0.3, -0.25) is 4.79 Å². The molecule has 0 bridgehead atoms. The molecule has 13 heavy (non-hydrogen) atoms. The van der Waals surface area contributed by atoms with Crippen LogP contribution in [-0.4, -0.2) is 29.5 Å². The summed E-state index contributed by atoms with van der Waals surface area (Å²) in [6.45, 7) is 1.93. The van der Waals surface area contributed by atoms with Crippen LogP contribution in [0, 0.1) is 0 Å². The molecule has 1 saturated heterocycles. The van der Waals surface area contributed by atoms with Crippen molar-refractivity contribution in [2.24, 2.45) is 5.73 Å². The molecule has 0 aliphatic carbocycles. The normalized spacial score (nSPS) is 21.1. The third-order valence-corrected chi connectivity index (χ3v) is 3.39. The van der Waals surface area contributed by atoms with E-state index in [9.17, 15) is 4.79 Å². The van der Waals surface area contributed by atoms with Gasteiger partial charge < -0.3 is 11.1 Å². The first-order valence-electron chi connectivity index (χ1n) is 4.87. The summed E-state index contributed by atoms with van der Waals surface area (Å²) in [5, 5.41) is 2.99. The maximum atomic E-state index is 11.4. The second-order valence-corrected chi connectivity index (χ2v) is 4.63. The first-order valence-corrected chi connectivity index (χ1v) is 6.03. The zero-order valence-corrected chi connectivity index (χ0v) is 8.90. The molecular formula is C9H18N2OS. The van der Waals surface area contributed by atoms with Gasteiger partial charge >= 0.3 is 0 Å². The highest BCUT2D eigenvalue weighted by molar-refractivity contribution is 7.99. The number of thioether (sulfide) groups is 1. The van der Waals surface area contributed by atoms with Crippen molar-refractivity contribution in [1.82, 2.24) is 5.32 Å². The Morgan fingerprint density at radius 1 is 1.62 bits per heavy atom. The van der Waals surface area contributed by atoms with Crippen LogP contribution >= 0.6 is 11.8 Å². The van der Waals surface area contributed by atoms with Crippen LogP contribution in [-0.2, 0) is 4.79 Å². The van der Waals surface area contributed by atoms with E-state index in [-0.39, 0.29) is 11.9 Å². The van der Waals surface area contributed by atoms with Crippen molar-refractivity contribution in [1.29, 1.82) is 0 Å². The second-order valence-electron chi connectivity index (χ2n) is 3.41. The van der Waals surface area contributed by atoms with Gasteiger partial charge in [0.05, 0.1) is 6.04 Å². The molecule has 0 spiro atoms. The van der Waals surface area contributed by atoms with Gasteiger partial charge in [0.25, 0.3) is 0 Å². The Hall–Kier alpha value is -0.220. The van der Waals surface area contributed by atoms with E-state index in [0.717, 1.165) is 24.3 Å². The van der Waals surface area contributed by atoms with Crippen molar-refractivity contribution >= 4 is 17.7 Å². The minimum Gasteiger partial charge on any atom is -0.352 e. The average molecular weight is 202 g/mol. The fourth-order valence-electron chi connectivity index (χ4n) is 1.34. The molecule has 3 N–H and O–H groups in total. The summed E-state index contributed by atoms with van der Waals surface area (Å²) in [5.74, 6) is 2.33. The summed E-state index contributed by atoms with van der Waals surface area (Å²) in [5.41, 5.74) is 5.62. The molecule has 0 radical (unpaired) electrons. The Balaban J connectivity index is 2.26. The molecule has 76 valence electrons. The molecule has 1 aliphatic rings. The number of amides is 1. The molecule has 0 aromatic carbocycles. The monoisotopic (exact) mass is 202 g/mol. The van der Waals surface area contributed by atoms with Crippen molar-refractivity contribution in [2.75, 3.05) is 11.5 Å². The number of hydrogen-bond donors (Lipinski definition) is 2. The van der Waals surface area contributed by atoms with Crippen molar-refractivity contribution in [3.63, 3.8) is 0 Å². The van der Waals surface area contributed by atoms with E-state index >= 15 is 0 Å². The molecule has 1 rings (SSSR count). The molecule has 1 unspecified atom stereocenters. The van der Waals surface area contributed by atoms with Gasteiger partial charge in [-0.1, -0.05) is 6.92 Å². The van der Waals surface area contributed by atoms with Gasteiger partial charge in [-0.05, 0) is 30.8 Å². The lowest BCUT2D eigenvalue weighted by atomic mass is 10.1. The maximum absolute atomic E-state index is 11.4. The highest BCUT2D eigenvalue weighted by Crippen LogP contribution is 2.16. The van der Waals surface area contributed by atoms with E-state index in [0.29, 0.717) is 12.5 Å². The van der Waals surface area contributed by atoms with Crippen molar-refractivity contribution in [2.45, 2.75) is 38.3 Å². The minimum atomic E-state index is -0.324. The van der Waals surface area contributed by atoms with Crippen molar-refractivity contribution < 1.29 is 4.79 Å². The Bertz CT molecular complexity index is 169. The minimum absolute atomic E-state index is 0.0133. The smallest absolute Gasteiger partial charge is 0.237 e. The largest absolute Gasteiger partial charge is 0.352 e. The van der Waals surface area contributed by atoms with Crippen molar-refractivity contribution in [3.05, 3.63) is 0 Å². The van der Waals surface area contributed by atoms with E-state index in [1.807, 2.05) is 18.7 Å². The third kappa shape index (κ3) is 3.56. The molecule has 1 fully saturated rings. The molecule has 4 heteroatoms. The summed E-state index contributed by atoms with van der Waals surface area (Å²) in [6.07, 6.45) is 2.90. The Labute approximate surface area is 83.8 Å². The van der Waals surface area contributed by atoms with Gasteiger partial charge in [-0.2, -0.15) is 11.8 Å². The Morgan fingerprint density at radius 3 is 2.77 bits per heavy atom. The zero-order valence-electron chi connectivity index (χ0n) is 8.08. The molecule has 1 atom stereocenters. The fourth-order valence-corrected chi connectivity index (χ4v) is 2.44. The molecular weight excluding hydrogens is 184 g/mol. The van der Waals surface area contributed by atoms with Crippen LogP contribution in [0.5, 0.6) is 0 Å². The molecule has 3 nitrogen and oxygen atoms in total. The molecule has 1 amide bonds. The van der Waals surface area contributed by atoms with Gasteiger partial charge in [0, 0.05) is 6.04 Å². The Morgan fingerprint density at radius 2 is 2.23 bits per heavy atom. The van der Waals surface area contributed by atoms with Crippen LogP contribution in [0.2, 0.25) is 0 Å². The van der Waals surface area contributed by atoms with Crippen LogP contribution in [0.25, 0.3) is 0 Å². The Kier molecular flexibility index (Phi) is 4.59. The van der Waals surface area contributed by atoms with Gasteiger partial charge in [-0.25, -0.2) is 0 Å². The number of carbonyl (C=O) groups excluding carboxylic acids is 1. The summed E-state index contributed by atoms with van der Waals surface area (Å²) in [7, 11) is 0. The first-order chi connectivity index (χ1) is 6.24. The molecule has 1 aliphatic heterocycles. The highest BCUT2D eigenvalue weighted by atomic mass is 32.2. The summed E-state index contributed by atoms with van der Waals surface area (Å²) < 4.78 is 0. The second kappa shape index (κ2) is 5.50. The molecule has 0 aromatic heterocycles. The highest BCUT2D eigenvalue weighted by Gasteiger charge is 2.18. The molecule has 0 saturated carbocycles. The summed E-state index contributed by atoms with van der Waals surface area (Å²) >= 11 is 1.96. The van der Waals surface area contributed by atoms with Gasteiger partial charge in [0.2, 0.25) is 5.91 Å². The summed E-state index contributed by atoms with van der Waals surface area (Å²) in [6, 6.07) is 0.0425. The lowest BCUT2D eigenvalue weighted by molar-refractivity contribution is -0.123. The molecule has 0 aromatic rings. The predicted octanol–water partition coefficient (Wildman–Crippen LogP) is 0.735. The number of nitrogens with one attached hydrogen (secondary N) is 1. The predicted molar refractivity (Wildman–Crippen MR) is 56.8 cm³/mol. The van der Waals surface area contributed by atoms with Crippen LogP contribution in [0.15, 0.2) is 0 Å². The first kappa shape index (κ1) is 10.9. The van der Waals surface area contributed by atoms with Gasteiger partial charge in [0.1, 0.15) is 0 Å². The summed E-state index contributed by atoms with van der Waals surface area (Å²) in [4.78, 5) is 11.4. The van der Waals surface area contributed by atoms with Crippen LogP contribution in [0.3, 0.4) is 0 Å². The van der Waals surface area contributed by atoms with Crippen LogP contribution < -0.4 is 11.1 Å². The quantitative estimate of drug-likeness (QED) is 0.709. The van der Waals surface area contributed by atoms with Gasteiger partial charge in [0.15, 0.2) is 0 Å². The SMILES string of the molecule is CCC(N)C(=O)NC1CCSCC1. The third-order valence-electron chi connectivity index (χ3n) is 2.34. The molecule has 1 heterocycles.